The molecule has 0 bridgehead atoms. The van der Waals surface area contributed by atoms with E-state index >= 15 is 0 Å². The molecule has 0 radical (unpaired) electrons. The Morgan fingerprint density at radius 2 is 2.05 bits per heavy atom. The molecular weight excluding hydrogens is 250 g/mol. The third-order valence-electron chi connectivity index (χ3n) is 5.08. The van der Waals surface area contributed by atoms with Crippen molar-refractivity contribution in [3.63, 3.8) is 0 Å². The summed E-state index contributed by atoms with van der Waals surface area (Å²) in [5.74, 6) is 1.60. The molecule has 2 N–H and O–H groups in total. The monoisotopic (exact) mass is 281 g/mol. The molecule has 0 aromatic rings. The Labute approximate surface area is 123 Å². The summed E-state index contributed by atoms with van der Waals surface area (Å²) in [4.78, 5) is 6.97. The van der Waals surface area contributed by atoms with Crippen molar-refractivity contribution in [2.24, 2.45) is 22.1 Å². The van der Waals surface area contributed by atoms with Gasteiger partial charge in [-0.1, -0.05) is 13.3 Å². The molecule has 0 amide bonds. The van der Waals surface area contributed by atoms with Crippen LogP contribution in [0.3, 0.4) is 0 Å². The van der Waals surface area contributed by atoms with E-state index in [2.05, 4.69) is 18.7 Å². The van der Waals surface area contributed by atoms with Gasteiger partial charge in [0, 0.05) is 32.8 Å². The number of hydrogen-bond donors (Lipinski definition) is 1. The highest BCUT2D eigenvalue weighted by Crippen LogP contribution is 2.44. The Bertz CT molecular complexity index is 318. The van der Waals surface area contributed by atoms with Crippen LogP contribution in [0.5, 0.6) is 0 Å². The van der Waals surface area contributed by atoms with Gasteiger partial charge >= 0.3 is 0 Å². The second kappa shape index (κ2) is 7.30. The first-order valence-corrected chi connectivity index (χ1v) is 8.28. The highest BCUT2D eigenvalue weighted by Gasteiger charge is 2.36. The van der Waals surface area contributed by atoms with E-state index in [4.69, 9.17) is 15.5 Å². The van der Waals surface area contributed by atoms with Crippen LogP contribution in [-0.4, -0.2) is 43.7 Å². The molecule has 0 aromatic carbocycles. The molecule has 0 spiro atoms. The lowest BCUT2D eigenvalue weighted by Gasteiger charge is -2.41. The molecule has 0 atom stereocenters. The van der Waals surface area contributed by atoms with Crippen molar-refractivity contribution in [1.29, 1.82) is 0 Å². The van der Waals surface area contributed by atoms with Crippen LogP contribution in [0.25, 0.3) is 0 Å². The van der Waals surface area contributed by atoms with Crippen molar-refractivity contribution >= 4 is 5.96 Å². The van der Waals surface area contributed by atoms with Crippen molar-refractivity contribution in [3.8, 4) is 0 Å². The fourth-order valence-electron chi connectivity index (χ4n) is 3.18. The predicted octanol–water partition coefficient (Wildman–Crippen LogP) is 2.63. The third-order valence-corrected chi connectivity index (χ3v) is 5.08. The van der Waals surface area contributed by atoms with Gasteiger partial charge in [-0.25, -0.2) is 0 Å². The molecule has 1 aliphatic heterocycles. The van der Waals surface area contributed by atoms with E-state index in [0.717, 1.165) is 51.1 Å². The zero-order valence-corrected chi connectivity index (χ0v) is 13.2. The number of nitrogens with zero attached hydrogens (tertiary/aromatic N) is 2. The molecule has 1 saturated heterocycles. The van der Waals surface area contributed by atoms with E-state index in [1.54, 1.807) is 0 Å². The standard InChI is InChI=1S/C16H31N3O/c1-3-20-12-9-16(7-4-8-16)13-18-15(17)19-10-5-14(2)6-11-19/h14H,3-13H2,1-2H3,(H2,17,18). The lowest BCUT2D eigenvalue weighted by Crippen LogP contribution is -2.43. The Balaban J connectivity index is 1.80. The first kappa shape index (κ1) is 15.6. The molecule has 0 unspecified atom stereocenters. The smallest absolute Gasteiger partial charge is 0.191 e. The van der Waals surface area contributed by atoms with Gasteiger partial charge in [-0.2, -0.15) is 0 Å². The Morgan fingerprint density at radius 1 is 1.35 bits per heavy atom. The minimum absolute atomic E-state index is 0.378. The zero-order valence-electron chi connectivity index (χ0n) is 13.2. The normalized spacial score (nSPS) is 23.7. The van der Waals surface area contributed by atoms with Crippen molar-refractivity contribution in [2.45, 2.75) is 52.4 Å². The summed E-state index contributed by atoms with van der Waals surface area (Å²) >= 11 is 0. The lowest BCUT2D eigenvalue weighted by molar-refractivity contribution is 0.0607. The number of aliphatic imine (C=N–C) groups is 1. The van der Waals surface area contributed by atoms with Crippen molar-refractivity contribution < 1.29 is 4.74 Å². The first-order chi connectivity index (χ1) is 9.65. The number of ether oxygens (including phenoxy) is 1. The molecule has 1 saturated carbocycles. The van der Waals surface area contributed by atoms with Gasteiger partial charge in [0.15, 0.2) is 5.96 Å². The van der Waals surface area contributed by atoms with E-state index in [1.807, 2.05) is 0 Å². The van der Waals surface area contributed by atoms with E-state index in [1.165, 1.54) is 32.1 Å². The topological polar surface area (TPSA) is 50.9 Å². The molecule has 2 aliphatic rings. The summed E-state index contributed by atoms with van der Waals surface area (Å²) in [5.41, 5.74) is 6.56. The van der Waals surface area contributed by atoms with E-state index < -0.39 is 0 Å². The molecular formula is C16H31N3O. The molecule has 0 aromatic heterocycles. The van der Waals surface area contributed by atoms with Crippen LogP contribution < -0.4 is 5.73 Å². The fourth-order valence-corrected chi connectivity index (χ4v) is 3.18. The summed E-state index contributed by atoms with van der Waals surface area (Å²) in [6.45, 7) is 9.09. The Morgan fingerprint density at radius 3 is 2.60 bits per heavy atom. The highest BCUT2D eigenvalue weighted by atomic mass is 16.5. The minimum atomic E-state index is 0.378. The van der Waals surface area contributed by atoms with Crippen LogP contribution in [0.1, 0.15) is 52.4 Å². The first-order valence-electron chi connectivity index (χ1n) is 8.28. The van der Waals surface area contributed by atoms with Gasteiger partial charge in [-0.15, -0.1) is 0 Å². The largest absolute Gasteiger partial charge is 0.382 e. The Hall–Kier alpha value is -0.770. The molecule has 2 rings (SSSR count). The minimum Gasteiger partial charge on any atom is -0.382 e. The number of likely N-dealkylation sites (tertiary alicyclic amines) is 1. The van der Waals surface area contributed by atoms with Crippen LogP contribution in [0, 0.1) is 11.3 Å². The predicted molar refractivity (Wildman–Crippen MR) is 83.9 cm³/mol. The van der Waals surface area contributed by atoms with E-state index in [-0.39, 0.29) is 0 Å². The van der Waals surface area contributed by atoms with Crippen LogP contribution in [-0.2, 0) is 4.74 Å². The molecule has 4 heteroatoms. The maximum atomic E-state index is 6.18. The number of piperidine rings is 1. The van der Waals surface area contributed by atoms with Crippen LogP contribution in [0.2, 0.25) is 0 Å². The number of hydrogen-bond acceptors (Lipinski definition) is 2. The number of rotatable bonds is 6. The maximum absolute atomic E-state index is 6.18. The van der Waals surface area contributed by atoms with Crippen molar-refractivity contribution in [2.75, 3.05) is 32.8 Å². The van der Waals surface area contributed by atoms with Crippen LogP contribution in [0.4, 0.5) is 0 Å². The molecule has 116 valence electrons. The number of guanidine groups is 1. The summed E-state index contributed by atoms with van der Waals surface area (Å²) in [6, 6.07) is 0. The van der Waals surface area contributed by atoms with Gasteiger partial charge in [0.25, 0.3) is 0 Å². The summed E-state index contributed by atoms with van der Waals surface area (Å²) in [6.07, 6.45) is 7.52. The van der Waals surface area contributed by atoms with Gasteiger partial charge in [0.2, 0.25) is 0 Å². The molecule has 2 fully saturated rings. The van der Waals surface area contributed by atoms with Crippen LogP contribution in [0.15, 0.2) is 4.99 Å². The molecule has 1 heterocycles. The van der Waals surface area contributed by atoms with Gasteiger partial charge in [-0.3, -0.25) is 4.99 Å². The molecule has 20 heavy (non-hydrogen) atoms. The highest BCUT2D eigenvalue weighted by molar-refractivity contribution is 5.78. The SMILES string of the molecule is CCOCCC1(CN=C(N)N2CCC(C)CC2)CCC1. The summed E-state index contributed by atoms with van der Waals surface area (Å²) in [5, 5.41) is 0. The fraction of sp³-hybridized carbons (Fsp3) is 0.938. The van der Waals surface area contributed by atoms with E-state index in [0.29, 0.717) is 5.41 Å². The van der Waals surface area contributed by atoms with Gasteiger partial charge in [-0.05, 0) is 50.4 Å². The van der Waals surface area contributed by atoms with Gasteiger partial charge in [0.05, 0.1) is 0 Å². The molecule has 1 aliphatic carbocycles. The third kappa shape index (κ3) is 4.11. The van der Waals surface area contributed by atoms with Gasteiger partial charge in [0.1, 0.15) is 0 Å². The second-order valence-corrected chi connectivity index (χ2v) is 6.64. The van der Waals surface area contributed by atoms with E-state index in [9.17, 15) is 0 Å². The maximum Gasteiger partial charge on any atom is 0.191 e. The Kier molecular flexibility index (Phi) is 5.70. The van der Waals surface area contributed by atoms with Crippen molar-refractivity contribution in [3.05, 3.63) is 0 Å². The summed E-state index contributed by atoms with van der Waals surface area (Å²) in [7, 11) is 0. The van der Waals surface area contributed by atoms with Crippen molar-refractivity contribution in [1.82, 2.24) is 4.90 Å². The average Bonchev–Trinajstić information content (AvgIpc) is 2.41. The zero-order chi connectivity index (χ0) is 14.4. The van der Waals surface area contributed by atoms with Crippen LogP contribution >= 0.6 is 0 Å². The average molecular weight is 281 g/mol. The quantitative estimate of drug-likeness (QED) is 0.462. The second-order valence-electron chi connectivity index (χ2n) is 6.64. The van der Waals surface area contributed by atoms with Gasteiger partial charge < -0.3 is 15.4 Å². The molecule has 4 nitrogen and oxygen atoms in total. The summed E-state index contributed by atoms with van der Waals surface area (Å²) < 4.78 is 5.51. The lowest BCUT2D eigenvalue weighted by atomic mass is 9.67. The number of nitrogens with two attached hydrogens (primary N) is 1.